The number of rotatable bonds is 7. The Balaban J connectivity index is 1.64. The van der Waals surface area contributed by atoms with Crippen LogP contribution in [0.4, 0.5) is 5.69 Å². The van der Waals surface area contributed by atoms with Crippen LogP contribution < -0.4 is 4.90 Å². The molecule has 4 rings (SSSR count). The third-order valence-corrected chi connectivity index (χ3v) is 6.83. The first kappa shape index (κ1) is 22.0. The number of ether oxygens (including phenoxy) is 1. The Hall–Kier alpha value is -2.19. The van der Waals surface area contributed by atoms with Crippen LogP contribution in [-0.4, -0.2) is 40.8 Å². The van der Waals surface area contributed by atoms with E-state index in [-0.39, 0.29) is 11.8 Å². The molecule has 2 aliphatic heterocycles. The highest BCUT2D eigenvalue weighted by Crippen LogP contribution is 2.45. The van der Waals surface area contributed by atoms with Crippen LogP contribution in [0.25, 0.3) is 5.57 Å². The van der Waals surface area contributed by atoms with Gasteiger partial charge in [-0.2, -0.15) is 0 Å². The highest BCUT2D eigenvalue weighted by molar-refractivity contribution is 8.26. The van der Waals surface area contributed by atoms with Crippen molar-refractivity contribution in [2.45, 2.75) is 19.9 Å². The monoisotopic (exact) mass is 472 g/mol. The first-order valence-electron chi connectivity index (χ1n) is 10.0. The van der Waals surface area contributed by atoms with Gasteiger partial charge in [0.2, 0.25) is 0 Å². The van der Waals surface area contributed by atoms with E-state index in [4.69, 9.17) is 28.6 Å². The highest BCUT2D eigenvalue weighted by Gasteiger charge is 2.41. The zero-order valence-corrected chi connectivity index (χ0v) is 19.4. The summed E-state index contributed by atoms with van der Waals surface area (Å²) in [6.07, 6.45) is 0.691. The SMILES string of the molecule is CCOCCCN1C(=O)C(=C2C(=O)N(Cc3ccc(Cl)cc3)c3ccccc32)SC1=S. The molecular formula is C23H21ClN2O3S2. The Morgan fingerprint density at radius 2 is 1.77 bits per heavy atom. The summed E-state index contributed by atoms with van der Waals surface area (Å²) in [7, 11) is 0. The van der Waals surface area contributed by atoms with Crippen molar-refractivity contribution in [3.63, 3.8) is 0 Å². The molecule has 0 aromatic heterocycles. The van der Waals surface area contributed by atoms with Crippen LogP contribution in [0, 0.1) is 0 Å². The number of halogens is 1. The van der Waals surface area contributed by atoms with Gasteiger partial charge in [0.05, 0.1) is 22.7 Å². The molecule has 0 bridgehead atoms. The molecule has 2 aromatic rings. The number of hydrogen-bond donors (Lipinski definition) is 0. The molecule has 31 heavy (non-hydrogen) atoms. The summed E-state index contributed by atoms with van der Waals surface area (Å²) in [5.74, 6) is -0.399. The largest absolute Gasteiger partial charge is 0.382 e. The van der Waals surface area contributed by atoms with E-state index in [0.717, 1.165) is 16.8 Å². The van der Waals surface area contributed by atoms with Gasteiger partial charge in [0.15, 0.2) is 0 Å². The van der Waals surface area contributed by atoms with Crippen molar-refractivity contribution in [1.82, 2.24) is 4.90 Å². The first-order valence-corrected chi connectivity index (χ1v) is 11.6. The number of anilines is 1. The zero-order chi connectivity index (χ0) is 22.0. The van der Waals surface area contributed by atoms with Crippen molar-refractivity contribution in [3.05, 3.63) is 69.6 Å². The number of fused-ring (bicyclic) bond motifs is 1. The van der Waals surface area contributed by atoms with Gasteiger partial charge in [0.1, 0.15) is 4.32 Å². The van der Waals surface area contributed by atoms with Crippen molar-refractivity contribution < 1.29 is 14.3 Å². The van der Waals surface area contributed by atoms with Crippen LogP contribution in [0.2, 0.25) is 5.02 Å². The van der Waals surface area contributed by atoms with Crippen LogP contribution in [0.5, 0.6) is 0 Å². The molecule has 1 saturated heterocycles. The van der Waals surface area contributed by atoms with Gasteiger partial charge in [-0.15, -0.1) is 0 Å². The predicted molar refractivity (Wildman–Crippen MR) is 129 cm³/mol. The van der Waals surface area contributed by atoms with Crippen LogP contribution >= 0.6 is 35.6 Å². The normalized spacial score (nSPS) is 18.3. The summed E-state index contributed by atoms with van der Waals surface area (Å²) in [5, 5.41) is 0.644. The van der Waals surface area contributed by atoms with E-state index in [9.17, 15) is 9.59 Å². The Labute approximate surface area is 196 Å². The van der Waals surface area contributed by atoms with E-state index in [1.54, 1.807) is 21.9 Å². The molecule has 160 valence electrons. The summed E-state index contributed by atoms with van der Waals surface area (Å²) in [6.45, 7) is 4.01. The zero-order valence-electron chi connectivity index (χ0n) is 17.0. The molecule has 0 saturated carbocycles. The van der Waals surface area contributed by atoms with E-state index >= 15 is 0 Å². The van der Waals surface area contributed by atoms with E-state index in [2.05, 4.69) is 0 Å². The van der Waals surface area contributed by atoms with Gasteiger partial charge >= 0.3 is 0 Å². The van der Waals surface area contributed by atoms with Gasteiger partial charge in [0, 0.05) is 30.3 Å². The minimum atomic E-state index is -0.210. The van der Waals surface area contributed by atoms with Gasteiger partial charge in [-0.1, -0.05) is 65.9 Å². The number of amides is 2. The van der Waals surface area contributed by atoms with Gasteiger partial charge in [-0.05, 0) is 37.1 Å². The molecule has 2 aromatic carbocycles. The minimum Gasteiger partial charge on any atom is -0.382 e. The van der Waals surface area contributed by atoms with E-state index in [0.29, 0.717) is 52.5 Å². The van der Waals surface area contributed by atoms with Crippen molar-refractivity contribution in [2.24, 2.45) is 0 Å². The van der Waals surface area contributed by atoms with Crippen molar-refractivity contribution in [3.8, 4) is 0 Å². The van der Waals surface area contributed by atoms with E-state index in [1.165, 1.54) is 11.8 Å². The van der Waals surface area contributed by atoms with Crippen LogP contribution in [0.1, 0.15) is 24.5 Å². The van der Waals surface area contributed by atoms with Crippen molar-refractivity contribution in [1.29, 1.82) is 0 Å². The smallest absolute Gasteiger partial charge is 0.267 e. The molecule has 0 N–H and O–H groups in total. The Morgan fingerprint density at radius 1 is 1.03 bits per heavy atom. The molecule has 2 aliphatic rings. The summed E-state index contributed by atoms with van der Waals surface area (Å²) < 4.78 is 5.84. The van der Waals surface area contributed by atoms with Crippen LogP contribution in [0.3, 0.4) is 0 Å². The van der Waals surface area contributed by atoms with Gasteiger partial charge in [-0.3, -0.25) is 14.5 Å². The second kappa shape index (κ2) is 9.53. The molecular weight excluding hydrogens is 452 g/mol. The predicted octanol–water partition coefficient (Wildman–Crippen LogP) is 4.88. The molecule has 1 fully saturated rings. The third kappa shape index (κ3) is 4.41. The maximum absolute atomic E-state index is 13.5. The maximum atomic E-state index is 13.5. The fourth-order valence-electron chi connectivity index (χ4n) is 3.64. The lowest BCUT2D eigenvalue weighted by Crippen LogP contribution is -2.30. The summed E-state index contributed by atoms with van der Waals surface area (Å²) in [5.41, 5.74) is 2.93. The van der Waals surface area contributed by atoms with Gasteiger partial charge < -0.3 is 9.64 Å². The molecule has 0 spiro atoms. The van der Waals surface area contributed by atoms with Gasteiger partial charge in [0.25, 0.3) is 11.8 Å². The molecule has 0 radical (unpaired) electrons. The topological polar surface area (TPSA) is 49.9 Å². The lowest BCUT2D eigenvalue weighted by atomic mass is 10.1. The molecule has 2 heterocycles. The number of para-hydroxylation sites is 1. The lowest BCUT2D eigenvalue weighted by molar-refractivity contribution is -0.122. The van der Waals surface area contributed by atoms with Crippen LogP contribution in [-0.2, 0) is 20.9 Å². The average Bonchev–Trinajstić information content (AvgIpc) is 3.20. The standard InChI is InChI=1S/C23H21ClN2O3S2/c1-2-29-13-5-12-25-22(28)20(31-23(25)30)19-17-6-3-4-7-18(17)26(21(19)27)14-15-8-10-16(24)11-9-15/h3-4,6-11H,2,5,12-14H2,1H3. The number of carbonyl (C=O) groups is 2. The number of carbonyl (C=O) groups excluding carboxylic acids is 2. The van der Waals surface area contributed by atoms with Crippen LogP contribution in [0.15, 0.2) is 53.4 Å². The summed E-state index contributed by atoms with van der Waals surface area (Å²) in [6, 6.07) is 15.0. The average molecular weight is 473 g/mol. The van der Waals surface area contributed by atoms with Crippen molar-refractivity contribution >= 4 is 63.0 Å². The second-order valence-corrected chi connectivity index (χ2v) is 9.19. The fourth-order valence-corrected chi connectivity index (χ4v) is 5.15. The lowest BCUT2D eigenvalue weighted by Gasteiger charge is -2.17. The second-order valence-electron chi connectivity index (χ2n) is 7.11. The minimum absolute atomic E-state index is 0.189. The van der Waals surface area contributed by atoms with E-state index in [1.807, 2.05) is 43.3 Å². The third-order valence-electron chi connectivity index (χ3n) is 5.13. The first-order chi connectivity index (χ1) is 15.0. The quantitative estimate of drug-likeness (QED) is 0.326. The molecule has 0 atom stereocenters. The summed E-state index contributed by atoms with van der Waals surface area (Å²) >= 11 is 12.6. The molecule has 0 unspecified atom stereocenters. The Bertz CT molecular complexity index is 1070. The number of hydrogen-bond acceptors (Lipinski definition) is 5. The molecule has 2 amide bonds. The molecule has 0 aliphatic carbocycles. The number of thiocarbonyl (C=S) groups is 1. The Morgan fingerprint density at radius 3 is 2.52 bits per heavy atom. The highest BCUT2D eigenvalue weighted by atomic mass is 35.5. The van der Waals surface area contributed by atoms with Crippen molar-refractivity contribution in [2.75, 3.05) is 24.7 Å². The summed E-state index contributed by atoms with van der Waals surface area (Å²) in [4.78, 5) is 30.3. The number of nitrogens with zero attached hydrogens (tertiary/aromatic N) is 2. The molecule has 5 nitrogen and oxygen atoms in total. The number of benzene rings is 2. The fraction of sp³-hybridized carbons (Fsp3) is 0.261. The molecule has 8 heteroatoms. The Kier molecular flexibility index (Phi) is 6.77. The maximum Gasteiger partial charge on any atom is 0.267 e. The van der Waals surface area contributed by atoms with E-state index < -0.39 is 0 Å². The van der Waals surface area contributed by atoms with Gasteiger partial charge in [-0.25, -0.2) is 0 Å². The number of thioether (sulfide) groups is 1.